The van der Waals surface area contributed by atoms with Crippen molar-refractivity contribution in [2.24, 2.45) is 0 Å². The van der Waals surface area contributed by atoms with Gasteiger partial charge in [-0.2, -0.15) is 0 Å². The summed E-state index contributed by atoms with van der Waals surface area (Å²) in [6.45, 7) is 1.61. The minimum atomic E-state index is -0.703. The summed E-state index contributed by atoms with van der Waals surface area (Å²) in [5.74, 6) is 0.456. The predicted octanol–water partition coefficient (Wildman–Crippen LogP) is 3.57. The first kappa shape index (κ1) is 23.7. The molecule has 4 rings (SSSR count). The molecule has 0 aliphatic carbocycles. The number of rotatable bonds is 5. The molecular formula is C21H21Cl2N7O4. The first-order valence-electron chi connectivity index (χ1n) is 10.5. The van der Waals surface area contributed by atoms with Gasteiger partial charge in [-0.25, -0.2) is 15.2 Å². The van der Waals surface area contributed by atoms with Crippen molar-refractivity contribution >= 4 is 57.5 Å². The number of anilines is 1. The lowest BCUT2D eigenvalue weighted by Crippen LogP contribution is -2.45. The number of carbonyl (C=O) groups excluding carboxylic acids is 2. The number of hydrazine groups is 1. The molecule has 11 nitrogen and oxygen atoms in total. The Morgan fingerprint density at radius 2 is 1.79 bits per heavy atom. The summed E-state index contributed by atoms with van der Waals surface area (Å²) in [6, 6.07) is 7.95. The summed E-state index contributed by atoms with van der Waals surface area (Å²) < 4.78 is 1.79. The van der Waals surface area contributed by atoms with Crippen molar-refractivity contribution < 1.29 is 14.5 Å². The molecule has 1 aliphatic rings. The molecule has 1 fully saturated rings. The van der Waals surface area contributed by atoms with Crippen molar-refractivity contribution in [1.29, 1.82) is 0 Å². The fourth-order valence-corrected chi connectivity index (χ4v) is 4.15. The van der Waals surface area contributed by atoms with Gasteiger partial charge in [0, 0.05) is 23.7 Å². The number of benzene rings is 2. The molecule has 1 saturated heterocycles. The molecular weight excluding hydrogens is 485 g/mol. The number of urea groups is 1. The van der Waals surface area contributed by atoms with E-state index in [4.69, 9.17) is 28.2 Å². The molecule has 13 heteroatoms. The zero-order valence-corrected chi connectivity index (χ0v) is 19.3. The smallest absolute Gasteiger partial charge is 0.318 e. The Balaban J connectivity index is 1.44. The number of non-ortho nitro benzene ring substituents is 1. The van der Waals surface area contributed by atoms with Crippen LogP contribution in [-0.2, 0) is 11.3 Å². The van der Waals surface area contributed by atoms with Gasteiger partial charge in [-0.1, -0.05) is 23.2 Å². The molecule has 0 atom stereocenters. The van der Waals surface area contributed by atoms with Crippen LogP contribution in [0.25, 0.3) is 11.0 Å². The topological polar surface area (TPSA) is 143 Å². The molecule has 3 amide bonds. The summed E-state index contributed by atoms with van der Waals surface area (Å²) in [4.78, 5) is 39.7. The van der Waals surface area contributed by atoms with E-state index >= 15 is 0 Å². The highest BCUT2D eigenvalue weighted by molar-refractivity contribution is 6.42. The van der Waals surface area contributed by atoms with E-state index in [-0.39, 0.29) is 18.2 Å². The first-order valence-corrected chi connectivity index (χ1v) is 11.2. The highest BCUT2D eigenvalue weighted by Crippen LogP contribution is 2.32. The molecule has 1 aromatic heterocycles. The average molecular weight is 506 g/mol. The maximum atomic E-state index is 12.7. The molecule has 0 bridgehead atoms. The third-order valence-corrected chi connectivity index (χ3v) is 6.20. The SMILES string of the molecule is O=C(Cn1c(C2CCNCC2)nc2cc(Cl)c(Cl)cc21)NNC(=O)Nc1ccc([N+](=O)[O-])cc1. The van der Waals surface area contributed by atoms with Gasteiger partial charge in [0.25, 0.3) is 11.6 Å². The van der Waals surface area contributed by atoms with Crippen LogP contribution in [0.4, 0.5) is 16.2 Å². The lowest BCUT2D eigenvalue weighted by molar-refractivity contribution is -0.384. The number of halogens is 2. The molecule has 0 saturated carbocycles. The minimum absolute atomic E-state index is 0.0917. The van der Waals surface area contributed by atoms with Crippen LogP contribution in [0.5, 0.6) is 0 Å². The van der Waals surface area contributed by atoms with Gasteiger partial charge in [-0.15, -0.1) is 0 Å². The number of carbonyl (C=O) groups is 2. The van der Waals surface area contributed by atoms with Crippen LogP contribution in [0, 0.1) is 10.1 Å². The minimum Gasteiger partial charge on any atom is -0.318 e. The number of aromatic nitrogens is 2. The number of nitro benzene ring substituents is 1. The number of nitrogens with zero attached hydrogens (tertiary/aromatic N) is 3. The molecule has 0 unspecified atom stereocenters. The van der Waals surface area contributed by atoms with E-state index in [1.165, 1.54) is 24.3 Å². The van der Waals surface area contributed by atoms with Crippen LogP contribution in [0.15, 0.2) is 36.4 Å². The Bertz CT molecular complexity index is 1240. The predicted molar refractivity (Wildman–Crippen MR) is 128 cm³/mol. The van der Waals surface area contributed by atoms with Gasteiger partial charge < -0.3 is 15.2 Å². The van der Waals surface area contributed by atoms with Gasteiger partial charge in [-0.3, -0.25) is 20.3 Å². The fraction of sp³-hybridized carbons (Fsp3) is 0.286. The van der Waals surface area contributed by atoms with E-state index in [2.05, 4.69) is 21.5 Å². The number of nitrogens with one attached hydrogen (secondary N) is 4. The Morgan fingerprint density at radius 3 is 2.47 bits per heavy atom. The van der Waals surface area contributed by atoms with Crippen molar-refractivity contribution in [1.82, 2.24) is 25.7 Å². The van der Waals surface area contributed by atoms with Crippen molar-refractivity contribution in [2.75, 3.05) is 18.4 Å². The Kier molecular flexibility index (Phi) is 7.15. The third-order valence-electron chi connectivity index (χ3n) is 5.48. The van der Waals surface area contributed by atoms with Crippen LogP contribution in [0.3, 0.4) is 0 Å². The van der Waals surface area contributed by atoms with E-state index < -0.39 is 16.9 Å². The number of piperidine rings is 1. The molecule has 4 N–H and O–H groups in total. The highest BCUT2D eigenvalue weighted by atomic mass is 35.5. The van der Waals surface area contributed by atoms with E-state index in [1.807, 2.05) is 0 Å². The third kappa shape index (κ3) is 5.38. The molecule has 2 heterocycles. The molecule has 178 valence electrons. The second-order valence-corrected chi connectivity index (χ2v) is 8.58. The second kappa shape index (κ2) is 10.2. The summed E-state index contributed by atoms with van der Waals surface area (Å²) in [7, 11) is 0. The maximum absolute atomic E-state index is 12.7. The Hall–Kier alpha value is -3.41. The van der Waals surface area contributed by atoms with Gasteiger partial charge in [0.05, 0.1) is 26.0 Å². The number of nitro groups is 1. The summed E-state index contributed by atoms with van der Waals surface area (Å²) >= 11 is 12.4. The lowest BCUT2D eigenvalue weighted by Gasteiger charge is -2.23. The number of imidazole rings is 1. The first-order chi connectivity index (χ1) is 16.3. The molecule has 2 aromatic carbocycles. The second-order valence-electron chi connectivity index (χ2n) is 7.77. The molecule has 0 spiro atoms. The number of hydrogen-bond acceptors (Lipinski definition) is 6. The molecule has 3 aromatic rings. The van der Waals surface area contributed by atoms with Crippen molar-refractivity contribution in [2.45, 2.75) is 25.3 Å². The highest BCUT2D eigenvalue weighted by Gasteiger charge is 2.24. The zero-order valence-electron chi connectivity index (χ0n) is 17.8. The Morgan fingerprint density at radius 1 is 1.12 bits per heavy atom. The van der Waals surface area contributed by atoms with Crippen LogP contribution in [-0.4, -0.2) is 39.5 Å². The zero-order chi connectivity index (χ0) is 24.2. The van der Waals surface area contributed by atoms with Crippen molar-refractivity contribution in [3.05, 3.63) is 62.4 Å². The van der Waals surface area contributed by atoms with E-state index in [0.29, 0.717) is 26.8 Å². The van der Waals surface area contributed by atoms with Crippen molar-refractivity contribution in [3.8, 4) is 0 Å². The van der Waals surface area contributed by atoms with Crippen molar-refractivity contribution in [3.63, 3.8) is 0 Å². The van der Waals surface area contributed by atoms with Gasteiger partial charge in [0.2, 0.25) is 0 Å². The van der Waals surface area contributed by atoms with E-state index in [9.17, 15) is 19.7 Å². The Labute approximate surface area is 203 Å². The quantitative estimate of drug-likeness (QED) is 0.308. The number of hydrogen-bond donors (Lipinski definition) is 4. The lowest BCUT2D eigenvalue weighted by atomic mass is 9.97. The monoisotopic (exact) mass is 505 g/mol. The number of fused-ring (bicyclic) bond motifs is 1. The van der Waals surface area contributed by atoms with Gasteiger partial charge >= 0.3 is 6.03 Å². The molecule has 34 heavy (non-hydrogen) atoms. The van der Waals surface area contributed by atoms with Gasteiger partial charge in [0.1, 0.15) is 12.4 Å². The van der Waals surface area contributed by atoms with Crippen LogP contribution in [0.2, 0.25) is 10.0 Å². The largest absolute Gasteiger partial charge is 0.337 e. The number of amides is 3. The summed E-state index contributed by atoms with van der Waals surface area (Å²) in [6.07, 6.45) is 1.75. The van der Waals surface area contributed by atoms with Crippen LogP contribution in [0.1, 0.15) is 24.6 Å². The maximum Gasteiger partial charge on any atom is 0.337 e. The van der Waals surface area contributed by atoms with E-state index in [0.717, 1.165) is 31.8 Å². The molecule has 0 radical (unpaired) electrons. The average Bonchev–Trinajstić information content (AvgIpc) is 3.16. The van der Waals surface area contributed by atoms with Gasteiger partial charge in [0.15, 0.2) is 0 Å². The molecule has 1 aliphatic heterocycles. The van der Waals surface area contributed by atoms with Crippen LogP contribution < -0.4 is 21.5 Å². The normalized spacial score (nSPS) is 14.1. The summed E-state index contributed by atoms with van der Waals surface area (Å²) in [5, 5.41) is 17.2. The fourth-order valence-electron chi connectivity index (χ4n) is 3.84. The standard InChI is InChI=1S/C21H21Cl2N7O4/c22-15-9-17-18(10-16(15)23)29(20(26-17)12-5-7-24-8-6-12)11-19(31)27-28-21(32)25-13-1-3-14(4-2-13)30(33)34/h1-4,9-10,12,24H,5-8,11H2,(H,27,31)(H2,25,28,32). The summed E-state index contributed by atoms with van der Waals surface area (Å²) in [5.41, 5.74) is 6.18. The van der Waals surface area contributed by atoms with Crippen LogP contribution >= 0.6 is 23.2 Å². The van der Waals surface area contributed by atoms with E-state index in [1.54, 1.807) is 16.7 Å². The van der Waals surface area contributed by atoms with Gasteiger partial charge in [-0.05, 0) is 50.2 Å².